The van der Waals surface area contributed by atoms with Crippen molar-refractivity contribution >= 4 is 11.8 Å². The lowest BCUT2D eigenvalue weighted by atomic mass is 9.98. The molecule has 0 aliphatic heterocycles. The number of furan rings is 1. The number of carbonyl (C=O) groups excluding carboxylic acids is 2. The number of rotatable bonds is 9. The third kappa shape index (κ3) is 6.06. The molecule has 0 radical (unpaired) electrons. The van der Waals surface area contributed by atoms with E-state index in [0.29, 0.717) is 6.54 Å². The van der Waals surface area contributed by atoms with Gasteiger partial charge in [-0.2, -0.15) is 0 Å². The van der Waals surface area contributed by atoms with Crippen molar-refractivity contribution in [3.05, 3.63) is 83.8 Å². The Bertz CT molecular complexity index is 964. The average molecular weight is 405 g/mol. The summed E-state index contributed by atoms with van der Waals surface area (Å²) in [5.41, 5.74) is 4.52. The Kier molecular flexibility index (Phi) is 7.40. The van der Waals surface area contributed by atoms with Gasteiger partial charge in [0.25, 0.3) is 5.91 Å². The van der Waals surface area contributed by atoms with Gasteiger partial charge in [-0.15, -0.1) is 0 Å². The van der Waals surface area contributed by atoms with Crippen LogP contribution in [0.1, 0.15) is 28.1 Å². The number of nitrogens with zero attached hydrogens (tertiary/aromatic N) is 1. The van der Waals surface area contributed by atoms with Crippen molar-refractivity contribution < 1.29 is 14.0 Å². The second-order valence-electron chi connectivity index (χ2n) is 7.35. The topological polar surface area (TPSA) is 74.6 Å². The van der Waals surface area contributed by atoms with Gasteiger partial charge in [0.1, 0.15) is 0 Å². The molecule has 3 aromatic rings. The van der Waals surface area contributed by atoms with Crippen LogP contribution in [0.15, 0.2) is 71.3 Å². The van der Waals surface area contributed by atoms with Gasteiger partial charge in [0.05, 0.1) is 6.26 Å². The zero-order valence-corrected chi connectivity index (χ0v) is 17.4. The lowest BCUT2D eigenvalue weighted by molar-refractivity contribution is -0.121. The normalized spacial score (nSPS) is 10.8. The van der Waals surface area contributed by atoms with E-state index in [-0.39, 0.29) is 30.5 Å². The molecule has 0 saturated heterocycles. The highest BCUT2D eigenvalue weighted by Gasteiger charge is 2.10. The fraction of sp³-hybridized carbons (Fsp3) is 0.250. The first kappa shape index (κ1) is 21.3. The first-order valence-electron chi connectivity index (χ1n) is 9.93. The van der Waals surface area contributed by atoms with Crippen LogP contribution in [0.4, 0.5) is 0 Å². The standard InChI is InChI=1S/C24H27N3O3/c1-27(2)17-18-9-11-19(12-10-18)21-7-4-3-6-20(21)16-26-23(28)13-14-25-24(29)22-8-5-15-30-22/h3-12,15H,13-14,16-17H2,1-2H3,(H,25,29)(H,26,28). The molecule has 0 spiro atoms. The fourth-order valence-corrected chi connectivity index (χ4v) is 3.18. The maximum absolute atomic E-state index is 12.2. The predicted molar refractivity (Wildman–Crippen MR) is 117 cm³/mol. The molecule has 0 bridgehead atoms. The molecule has 0 aliphatic carbocycles. The molecular weight excluding hydrogens is 378 g/mol. The van der Waals surface area contributed by atoms with E-state index in [2.05, 4.69) is 45.9 Å². The number of carbonyl (C=O) groups is 2. The number of hydrogen-bond donors (Lipinski definition) is 2. The highest BCUT2D eigenvalue weighted by atomic mass is 16.3. The quantitative estimate of drug-likeness (QED) is 0.572. The van der Waals surface area contributed by atoms with E-state index in [9.17, 15) is 9.59 Å². The SMILES string of the molecule is CN(C)Cc1ccc(-c2ccccc2CNC(=O)CCNC(=O)c2ccco2)cc1. The monoisotopic (exact) mass is 405 g/mol. The molecule has 0 aliphatic rings. The average Bonchev–Trinajstić information content (AvgIpc) is 3.28. The molecule has 1 heterocycles. The predicted octanol–water partition coefficient (Wildman–Crippen LogP) is 3.44. The van der Waals surface area contributed by atoms with Crippen LogP contribution in [0.2, 0.25) is 0 Å². The van der Waals surface area contributed by atoms with Crippen molar-refractivity contribution in [2.45, 2.75) is 19.5 Å². The van der Waals surface area contributed by atoms with E-state index >= 15 is 0 Å². The van der Waals surface area contributed by atoms with Crippen molar-refractivity contribution in [3.63, 3.8) is 0 Å². The molecule has 156 valence electrons. The van der Waals surface area contributed by atoms with Crippen LogP contribution in [0.25, 0.3) is 11.1 Å². The summed E-state index contributed by atoms with van der Waals surface area (Å²) >= 11 is 0. The Labute approximate surface area is 176 Å². The zero-order valence-electron chi connectivity index (χ0n) is 17.4. The molecule has 6 heteroatoms. The molecule has 0 unspecified atom stereocenters. The van der Waals surface area contributed by atoms with Gasteiger partial charge in [-0.25, -0.2) is 0 Å². The minimum atomic E-state index is -0.323. The minimum Gasteiger partial charge on any atom is -0.459 e. The summed E-state index contributed by atoms with van der Waals surface area (Å²) in [6, 6.07) is 19.8. The zero-order chi connectivity index (χ0) is 21.3. The third-order valence-electron chi connectivity index (χ3n) is 4.64. The molecule has 2 aromatic carbocycles. The Morgan fingerprint density at radius 1 is 0.933 bits per heavy atom. The second kappa shape index (κ2) is 10.4. The molecule has 30 heavy (non-hydrogen) atoms. The molecule has 0 atom stereocenters. The summed E-state index contributed by atoms with van der Waals surface area (Å²) in [7, 11) is 4.10. The molecule has 0 fully saturated rings. The van der Waals surface area contributed by atoms with E-state index in [4.69, 9.17) is 4.42 Å². The number of benzene rings is 2. The molecule has 2 amide bonds. The van der Waals surface area contributed by atoms with Crippen LogP contribution in [0, 0.1) is 0 Å². The first-order valence-corrected chi connectivity index (χ1v) is 9.93. The number of nitrogens with one attached hydrogen (secondary N) is 2. The largest absolute Gasteiger partial charge is 0.459 e. The van der Waals surface area contributed by atoms with Gasteiger partial charge in [-0.05, 0) is 48.5 Å². The van der Waals surface area contributed by atoms with Crippen LogP contribution >= 0.6 is 0 Å². The summed E-state index contributed by atoms with van der Waals surface area (Å²) < 4.78 is 5.02. The van der Waals surface area contributed by atoms with Crippen molar-refractivity contribution in [3.8, 4) is 11.1 Å². The van der Waals surface area contributed by atoms with E-state index < -0.39 is 0 Å². The molecule has 6 nitrogen and oxygen atoms in total. The van der Waals surface area contributed by atoms with Crippen molar-refractivity contribution in [2.24, 2.45) is 0 Å². The lowest BCUT2D eigenvalue weighted by Crippen LogP contribution is -2.30. The minimum absolute atomic E-state index is 0.120. The van der Waals surface area contributed by atoms with E-state index in [1.807, 2.05) is 32.3 Å². The van der Waals surface area contributed by atoms with E-state index in [1.165, 1.54) is 11.8 Å². The van der Waals surface area contributed by atoms with Gasteiger partial charge >= 0.3 is 0 Å². The van der Waals surface area contributed by atoms with E-state index in [1.54, 1.807) is 12.1 Å². The Morgan fingerprint density at radius 2 is 1.70 bits per heavy atom. The summed E-state index contributed by atoms with van der Waals surface area (Å²) in [6.07, 6.45) is 1.64. The van der Waals surface area contributed by atoms with Gasteiger partial charge in [-0.1, -0.05) is 48.5 Å². The Morgan fingerprint density at radius 3 is 2.40 bits per heavy atom. The second-order valence-corrected chi connectivity index (χ2v) is 7.35. The smallest absolute Gasteiger partial charge is 0.286 e. The fourth-order valence-electron chi connectivity index (χ4n) is 3.18. The van der Waals surface area contributed by atoms with Crippen LogP contribution in [0.3, 0.4) is 0 Å². The summed E-state index contributed by atoms with van der Waals surface area (Å²) in [5.74, 6) is -0.206. The van der Waals surface area contributed by atoms with Crippen LogP contribution in [-0.2, 0) is 17.9 Å². The maximum Gasteiger partial charge on any atom is 0.286 e. The summed E-state index contributed by atoms with van der Waals surface area (Å²) in [4.78, 5) is 26.1. The first-order chi connectivity index (χ1) is 14.5. The summed E-state index contributed by atoms with van der Waals surface area (Å²) in [6.45, 7) is 1.58. The van der Waals surface area contributed by atoms with E-state index in [0.717, 1.165) is 23.2 Å². The summed E-state index contributed by atoms with van der Waals surface area (Å²) in [5, 5.41) is 5.61. The Balaban J connectivity index is 1.53. The number of amides is 2. The van der Waals surface area contributed by atoms with Gasteiger partial charge < -0.3 is 20.0 Å². The molecule has 3 rings (SSSR count). The molecule has 2 N–H and O–H groups in total. The van der Waals surface area contributed by atoms with Crippen molar-refractivity contribution in [1.29, 1.82) is 0 Å². The number of hydrogen-bond acceptors (Lipinski definition) is 4. The van der Waals surface area contributed by atoms with Gasteiger partial charge in [0.15, 0.2) is 5.76 Å². The van der Waals surface area contributed by atoms with Crippen LogP contribution < -0.4 is 10.6 Å². The van der Waals surface area contributed by atoms with Crippen LogP contribution in [0.5, 0.6) is 0 Å². The Hall–Kier alpha value is -3.38. The van der Waals surface area contributed by atoms with Crippen LogP contribution in [-0.4, -0.2) is 37.4 Å². The van der Waals surface area contributed by atoms with Gasteiger partial charge in [-0.3, -0.25) is 9.59 Å². The molecule has 0 saturated carbocycles. The maximum atomic E-state index is 12.2. The van der Waals surface area contributed by atoms with Crippen molar-refractivity contribution in [1.82, 2.24) is 15.5 Å². The molecular formula is C24H27N3O3. The van der Waals surface area contributed by atoms with Gasteiger partial charge in [0.2, 0.25) is 5.91 Å². The van der Waals surface area contributed by atoms with Crippen molar-refractivity contribution in [2.75, 3.05) is 20.6 Å². The highest BCUT2D eigenvalue weighted by Crippen LogP contribution is 2.24. The third-order valence-corrected chi connectivity index (χ3v) is 4.64. The molecule has 1 aromatic heterocycles. The van der Waals surface area contributed by atoms with Gasteiger partial charge in [0, 0.05) is 26.1 Å². The lowest BCUT2D eigenvalue weighted by Gasteiger charge is -2.13. The highest BCUT2D eigenvalue weighted by molar-refractivity contribution is 5.91.